The Kier molecular flexibility index (Phi) is 2.91. The SMILES string of the molecule is Cc1cccc2c1N(C)C(C)C(CO)S2(=O)=O. The highest BCUT2D eigenvalue weighted by Gasteiger charge is 2.41. The van der Waals surface area contributed by atoms with Crippen LogP contribution in [0.25, 0.3) is 0 Å². The average molecular weight is 255 g/mol. The zero-order valence-corrected chi connectivity index (χ0v) is 11.0. The zero-order chi connectivity index (χ0) is 12.8. The maximum Gasteiger partial charge on any atom is 0.187 e. The Balaban J connectivity index is 2.75. The smallest absolute Gasteiger partial charge is 0.187 e. The number of aliphatic hydroxyl groups excluding tert-OH is 1. The Morgan fingerprint density at radius 2 is 2.06 bits per heavy atom. The number of aryl methyl sites for hydroxylation is 1. The van der Waals surface area contributed by atoms with Gasteiger partial charge in [-0.3, -0.25) is 0 Å². The van der Waals surface area contributed by atoms with E-state index < -0.39 is 15.1 Å². The van der Waals surface area contributed by atoms with Crippen molar-refractivity contribution in [2.75, 3.05) is 18.6 Å². The first-order valence-corrected chi connectivity index (χ1v) is 7.13. The number of hydrogen-bond donors (Lipinski definition) is 1. The van der Waals surface area contributed by atoms with Crippen molar-refractivity contribution in [2.24, 2.45) is 0 Å². The number of aliphatic hydroxyl groups is 1. The van der Waals surface area contributed by atoms with Crippen LogP contribution in [0.1, 0.15) is 12.5 Å². The van der Waals surface area contributed by atoms with E-state index in [0.717, 1.165) is 11.3 Å². The predicted octanol–water partition coefficient (Wildman–Crippen LogP) is 0.968. The Hall–Kier alpha value is -1.07. The second kappa shape index (κ2) is 3.99. The molecule has 1 aliphatic heterocycles. The molecule has 0 aliphatic carbocycles. The van der Waals surface area contributed by atoms with Crippen molar-refractivity contribution < 1.29 is 13.5 Å². The number of anilines is 1. The van der Waals surface area contributed by atoms with E-state index >= 15 is 0 Å². The van der Waals surface area contributed by atoms with E-state index in [4.69, 9.17) is 0 Å². The molecule has 2 rings (SSSR count). The fourth-order valence-corrected chi connectivity index (χ4v) is 4.51. The van der Waals surface area contributed by atoms with Crippen molar-refractivity contribution in [2.45, 2.75) is 30.0 Å². The van der Waals surface area contributed by atoms with Crippen LogP contribution in [0.5, 0.6) is 0 Å². The topological polar surface area (TPSA) is 57.6 Å². The minimum absolute atomic E-state index is 0.224. The molecule has 17 heavy (non-hydrogen) atoms. The lowest BCUT2D eigenvalue weighted by Crippen LogP contribution is -2.50. The first kappa shape index (κ1) is 12.4. The number of nitrogens with zero attached hydrogens (tertiary/aromatic N) is 1. The Bertz CT molecular complexity index is 539. The quantitative estimate of drug-likeness (QED) is 0.812. The van der Waals surface area contributed by atoms with Crippen LogP contribution in [0.4, 0.5) is 5.69 Å². The molecule has 1 aromatic rings. The first-order valence-electron chi connectivity index (χ1n) is 5.58. The Labute approximate surface area is 102 Å². The zero-order valence-electron chi connectivity index (χ0n) is 10.2. The molecule has 0 radical (unpaired) electrons. The lowest BCUT2D eigenvalue weighted by Gasteiger charge is -2.39. The van der Waals surface area contributed by atoms with Gasteiger partial charge in [-0.15, -0.1) is 0 Å². The van der Waals surface area contributed by atoms with Gasteiger partial charge in [0.05, 0.1) is 17.2 Å². The molecule has 0 spiro atoms. The molecule has 0 saturated heterocycles. The van der Waals surface area contributed by atoms with E-state index in [2.05, 4.69) is 0 Å². The summed E-state index contributed by atoms with van der Waals surface area (Å²) < 4.78 is 24.7. The lowest BCUT2D eigenvalue weighted by molar-refractivity contribution is 0.276. The van der Waals surface area contributed by atoms with Gasteiger partial charge >= 0.3 is 0 Å². The normalized spacial score (nSPS) is 26.7. The van der Waals surface area contributed by atoms with Gasteiger partial charge in [0.15, 0.2) is 9.84 Å². The van der Waals surface area contributed by atoms with Crippen molar-refractivity contribution in [1.29, 1.82) is 0 Å². The maximum atomic E-state index is 12.4. The van der Waals surface area contributed by atoms with E-state index in [1.807, 2.05) is 31.9 Å². The van der Waals surface area contributed by atoms with Crippen LogP contribution in [0.3, 0.4) is 0 Å². The summed E-state index contributed by atoms with van der Waals surface area (Å²) in [5.74, 6) is 0. The summed E-state index contributed by atoms with van der Waals surface area (Å²) >= 11 is 0. The Morgan fingerprint density at radius 1 is 1.41 bits per heavy atom. The minimum Gasteiger partial charge on any atom is -0.395 e. The van der Waals surface area contributed by atoms with Gasteiger partial charge < -0.3 is 10.0 Å². The van der Waals surface area contributed by atoms with E-state index in [9.17, 15) is 13.5 Å². The van der Waals surface area contributed by atoms with Crippen LogP contribution >= 0.6 is 0 Å². The van der Waals surface area contributed by atoms with Crippen molar-refractivity contribution in [3.05, 3.63) is 23.8 Å². The number of hydrogen-bond acceptors (Lipinski definition) is 4. The molecule has 0 aromatic heterocycles. The van der Waals surface area contributed by atoms with Crippen molar-refractivity contribution in [1.82, 2.24) is 0 Å². The summed E-state index contributed by atoms with van der Waals surface area (Å²) in [7, 11) is -1.56. The fraction of sp³-hybridized carbons (Fsp3) is 0.500. The monoisotopic (exact) mass is 255 g/mol. The van der Waals surface area contributed by atoms with Crippen LogP contribution in [-0.4, -0.2) is 38.5 Å². The Morgan fingerprint density at radius 3 is 2.65 bits per heavy atom. The molecule has 2 atom stereocenters. The summed E-state index contributed by atoms with van der Waals surface area (Å²) in [6.07, 6.45) is 0. The summed E-state index contributed by atoms with van der Waals surface area (Å²) in [4.78, 5) is 2.27. The van der Waals surface area contributed by atoms with E-state index in [1.165, 1.54) is 0 Å². The van der Waals surface area contributed by atoms with Crippen molar-refractivity contribution >= 4 is 15.5 Å². The van der Waals surface area contributed by atoms with Crippen LogP contribution < -0.4 is 4.90 Å². The highest BCUT2D eigenvalue weighted by Crippen LogP contribution is 2.38. The molecule has 1 aromatic carbocycles. The third kappa shape index (κ3) is 1.65. The molecule has 2 unspecified atom stereocenters. The predicted molar refractivity (Wildman–Crippen MR) is 67.1 cm³/mol. The summed E-state index contributed by atoms with van der Waals surface area (Å²) in [5, 5.41) is 8.56. The van der Waals surface area contributed by atoms with E-state index in [0.29, 0.717) is 4.90 Å². The molecule has 94 valence electrons. The van der Waals surface area contributed by atoms with E-state index in [-0.39, 0.29) is 12.6 Å². The molecule has 1 aliphatic rings. The summed E-state index contributed by atoms with van der Waals surface area (Å²) in [5.41, 5.74) is 1.70. The molecule has 0 bridgehead atoms. The third-order valence-corrected chi connectivity index (χ3v) is 5.87. The van der Waals surface area contributed by atoms with Crippen LogP contribution in [0, 0.1) is 6.92 Å². The number of rotatable bonds is 1. The standard InChI is InChI=1S/C12H17NO3S/c1-8-5-4-6-10-12(8)13(3)9(2)11(7-14)17(10,15)16/h4-6,9,11,14H,7H2,1-3H3. The van der Waals surface area contributed by atoms with Crippen LogP contribution in [0.2, 0.25) is 0 Å². The van der Waals surface area contributed by atoms with Crippen molar-refractivity contribution in [3.63, 3.8) is 0 Å². The molecule has 4 nitrogen and oxygen atoms in total. The summed E-state index contributed by atoms with van der Waals surface area (Å²) in [6.45, 7) is 3.38. The molecular formula is C12H17NO3S. The van der Waals surface area contributed by atoms with Gasteiger partial charge in [0.1, 0.15) is 5.25 Å². The minimum atomic E-state index is -3.43. The second-order valence-electron chi connectivity index (χ2n) is 4.54. The number of sulfone groups is 1. The molecular weight excluding hydrogens is 238 g/mol. The van der Waals surface area contributed by atoms with Gasteiger partial charge in [0.2, 0.25) is 0 Å². The van der Waals surface area contributed by atoms with Crippen LogP contribution in [-0.2, 0) is 9.84 Å². The van der Waals surface area contributed by atoms with Gasteiger partial charge in [-0.05, 0) is 25.5 Å². The fourth-order valence-electron chi connectivity index (χ4n) is 2.44. The van der Waals surface area contributed by atoms with Gasteiger partial charge in [-0.25, -0.2) is 8.42 Å². The largest absolute Gasteiger partial charge is 0.395 e. The molecule has 1 N–H and O–H groups in total. The maximum absolute atomic E-state index is 12.4. The summed E-state index contributed by atoms with van der Waals surface area (Å²) in [6, 6.07) is 5.03. The molecule has 0 amide bonds. The average Bonchev–Trinajstić information content (AvgIpc) is 2.26. The third-order valence-electron chi connectivity index (χ3n) is 3.59. The van der Waals surface area contributed by atoms with Crippen LogP contribution in [0.15, 0.2) is 23.1 Å². The number of fused-ring (bicyclic) bond motifs is 1. The highest BCUT2D eigenvalue weighted by atomic mass is 32.2. The lowest BCUT2D eigenvalue weighted by atomic mass is 10.1. The van der Waals surface area contributed by atoms with Crippen molar-refractivity contribution in [3.8, 4) is 0 Å². The van der Waals surface area contributed by atoms with Gasteiger partial charge in [-0.1, -0.05) is 12.1 Å². The van der Waals surface area contributed by atoms with Gasteiger partial charge in [0.25, 0.3) is 0 Å². The molecule has 1 heterocycles. The first-order chi connectivity index (χ1) is 7.91. The molecule has 5 heteroatoms. The second-order valence-corrected chi connectivity index (χ2v) is 6.67. The van der Waals surface area contributed by atoms with E-state index in [1.54, 1.807) is 12.1 Å². The molecule has 0 fully saturated rings. The van der Waals surface area contributed by atoms with Gasteiger partial charge in [0, 0.05) is 13.1 Å². The number of benzene rings is 1. The molecule has 0 saturated carbocycles. The highest BCUT2D eigenvalue weighted by molar-refractivity contribution is 7.92. The van der Waals surface area contributed by atoms with Gasteiger partial charge in [-0.2, -0.15) is 0 Å². The number of para-hydroxylation sites is 1.